The zero-order chi connectivity index (χ0) is 14.9. The summed E-state index contributed by atoms with van der Waals surface area (Å²) in [6.07, 6.45) is 1.42. The molecule has 0 amide bonds. The van der Waals surface area contributed by atoms with Crippen LogP contribution in [0.5, 0.6) is 0 Å². The van der Waals surface area contributed by atoms with Gasteiger partial charge in [0.25, 0.3) is 10.0 Å². The maximum atomic E-state index is 12.5. The normalized spacial score (nSPS) is 11.5. The van der Waals surface area contributed by atoms with E-state index in [1.54, 1.807) is 24.3 Å². The van der Waals surface area contributed by atoms with Gasteiger partial charge in [-0.3, -0.25) is 0 Å². The first-order chi connectivity index (χ1) is 10.1. The molecule has 2 aromatic carbocycles. The highest BCUT2D eigenvalue weighted by atomic mass is 32.2. The lowest BCUT2D eigenvalue weighted by molar-refractivity contribution is 0.577. The Morgan fingerprint density at radius 1 is 0.952 bits per heavy atom. The van der Waals surface area contributed by atoms with Gasteiger partial charge >= 0.3 is 0 Å². The molecule has 5 nitrogen and oxygen atoms in total. The SMILES string of the molecule is Cc1ccc(S(=O)(=O)n2cc(-c3ccccc3)nn2)cc1. The predicted molar refractivity (Wildman–Crippen MR) is 79.2 cm³/mol. The van der Waals surface area contributed by atoms with E-state index in [1.807, 2.05) is 37.3 Å². The molecule has 0 aliphatic heterocycles. The van der Waals surface area contributed by atoms with Gasteiger partial charge in [0, 0.05) is 5.56 Å². The highest BCUT2D eigenvalue weighted by molar-refractivity contribution is 7.89. The van der Waals surface area contributed by atoms with Gasteiger partial charge in [-0.15, -0.1) is 9.19 Å². The summed E-state index contributed by atoms with van der Waals surface area (Å²) in [4.78, 5) is 0.192. The van der Waals surface area contributed by atoms with Crippen molar-refractivity contribution in [3.05, 3.63) is 66.4 Å². The Labute approximate surface area is 122 Å². The molecule has 0 N–H and O–H groups in total. The third-order valence-electron chi connectivity index (χ3n) is 3.11. The van der Waals surface area contributed by atoms with E-state index in [2.05, 4.69) is 10.3 Å². The second-order valence-corrected chi connectivity index (χ2v) is 6.46. The molecule has 0 bridgehead atoms. The van der Waals surface area contributed by atoms with Gasteiger partial charge in [0.05, 0.1) is 11.1 Å². The van der Waals surface area contributed by atoms with E-state index >= 15 is 0 Å². The fourth-order valence-electron chi connectivity index (χ4n) is 1.93. The lowest BCUT2D eigenvalue weighted by Crippen LogP contribution is -2.13. The first-order valence-corrected chi connectivity index (χ1v) is 7.81. The third-order valence-corrected chi connectivity index (χ3v) is 4.65. The molecule has 3 rings (SSSR count). The second-order valence-electron chi connectivity index (χ2n) is 4.66. The second kappa shape index (κ2) is 5.14. The third kappa shape index (κ3) is 2.57. The zero-order valence-corrected chi connectivity index (χ0v) is 12.2. The Morgan fingerprint density at radius 3 is 2.29 bits per heavy atom. The summed E-state index contributed by atoms with van der Waals surface area (Å²) in [5, 5.41) is 7.67. The number of aromatic nitrogens is 3. The molecule has 106 valence electrons. The summed E-state index contributed by atoms with van der Waals surface area (Å²) in [7, 11) is -3.70. The molecule has 0 fully saturated rings. The van der Waals surface area contributed by atoms with E-state index in [9.17, 15) is 8.42 Å². The van der Waals surface area contributed by atoms with Gasteiger partial charge in [0.15, 0.2) is 0 Å². The average Bonchev–Trinajstić information content (AvgIpc) is 2.99. The van der Waals surface area contributed by atoms with Crippen LogP contribution in [0.4, 0.5) is 0 Å². The molecule has 3 aromatic rings. The summed E-state index contributed by atoms with van der Waals surface area (Å²) in [5.41, 5.74) is 2.34. The number of hydrogen-bond donors (Lipinski definition) is 0. The van der Waals surface area contributed by atoms with Crippen molar-refractivity contribution in [2.24, 2.45) is 0 Å². The van der Waals surface area contributed by atoms with Gasteiger partial charge in [0.2, 0.25) is 0 Å². The van der Waals surface area contributed by atoms with Crippen molar-refractivity contribution in [3.8, 4) is 11.3 Å². The van der Waals surface area contributed by atoms with Crippen LogP contribution in [0.25, 0.3) is 11.3 Å². The average molecular weight is 299 g/mol. The number of nitrogens with zero attached hydrogens (tertiary/aromatic N) is 3. The van der Waals surface area contributed by atoms with Crippen LogP contribution in [0.2, 0.25) is 0 Å². The van der Waals surface area contributed by atoms with Gasteiger partial charge in [-0.05, 0) is 19.1 Å². The van der Waals surface area contributed by atoms with Crippen LogP contribution in [-0.2, 0) is 10.0 Å². The van der Waals surface area contributed by atoms with Gasteiger partial charge < -0.3 is 0 Å². The molecule has 6 heteroatoms. The maximum absolute atomic E-state index is 12.5. The van der Waals surface area contributed by atoms with Crippen molar-refractivity contribution in [1.29, 1.82) is 0 Å². The zero-order valence-electron chi connectivity index (χ0n) is 11.3. The van der Waals surface area contributed by atoms with Crippen molar-refractivity contribution < 1.29 is 8.42 Å². The van der Waals surface area contributed by atoms with E-state index in [1.165, 1.54) is 6.20 Å². The quantitative estimate of drug-likeness (QED) is 0.745. The van der Waals surface area contributed by atoms with Crippen molar-refractivity contribution in [2.75, 3.05) is 0 Å². The Morgan fingerprint density at radius 2 is 1.62 bits per heavy atom. The molecule has 0 radical (unpaired) electrons. The molecule has 0 unspecified atom stereocenters. The summed E-state index contributed by atoms with van der Waals surface area (Å²) < 4.78 is 25.8. The van der Waals surface area contributed by atoms with Crippen molar-refractivity contribution in [2.45, 2.75) is 11.8 Å². The minimum absolute atomic E-state index is 0.192. The molecular formula is C15H13N3O2S. The van der Waals surface area contributed by atoms with Crippen molar-refractivity contribution >= 4 is 10.0 Å². The Kier molecular flexibility index (Phi) is 3.31. The van der Waals surface area contributed by atoms with Crippen LogP contribution in [0, 0.1) is 6.92 Å². The standard InChI is InChI=1S/C15H13N3O2S/c1-12-7-9-14(10-8-12)21(19,20)18-11-15(16-17-18)13-5-3-2-4-6-13/h2-11H,1H3. The maximum Gasteiger partial charge on any atom is 0.284 e. The first-order valence-electron chi connectivity index (χ1n) is 6.37. The van der Waals surface area contributed by atoms with E-state index in [-0.39, 0.29) is 4.90 Å². The topological polar surface area (TPSA) is 64.8 Å². The van der Waals surface area contributed by atoms with E-state index in [0.29, 0.717) is 5.69 Å². The predicted octanol–water partition coefficient (Wildman–Crippen LogP) is 2.49. The number of aryl methyl sites for hydroxylation is 1. The van der Waals surface area contributed by atoms with Crippen molar-refractivity contribution in [3.63, 3.8) is 0 Å². The Hall–Kier alpha value is -2.47. The van der Waals surface area contributed by atoms with Gasteiger partial charge in [0.1, 0.15) is 5.69 Å². The van der Waals surface area contributed by atoms with Crippen LogP contribution < -0.4 is 0 Å². The summed E-state index contributed by atoms with van der Waals surface area (Å²) in [5.74, 6) is 0. The summed E-state index contributed by atoms with van der Waals surface area (Å²) in [6, 6.07) is 16.0. The molecular weight excluding hydrogens is 286 g/mol. The molecule has 0 aliphatic carbocycles. The Bertz CT molecular complexity index is 853. The fourth-order valence-corrected chi connectivity index (χ4v) is 2.99. The lowest BCUT2D eigenvalue weighted by Gasteiger charge is -2.03. The molecule has 0 spiro atoms. The smallest absolute Gasteiger partial charge is 0.199 e. The minimum Gasteiger partial charge on any atom is -0.199 e. The molecule has 1 aromatic heterocycles. The minimum atomic E-state index is -3.70. The molecule has 0 saturated carbocycles. The summed E-state index contributed by atoms with van der Waals surface area (Å²) in [6.45, 7) is 1.90. The highest BCUT2D eigenvalue weighted by Crippen LogP contribution is 2.18. The molecule has 0 aliphatic rings. The van der Waals surface area contributed by atoms with Crippen LogP contribution >= 0.6 is 0 Å². The lowest BCUT2D eigenvalue weighted by atomic mass is 10.2. The van der Waals surface area contributed by atoms with Crippen LogP contribution in [0.1, 0.15) is 5.56 Å². The van der Waals surface area contributed by atoms with E-state index in [0.717, 1.165) is 15.2 Å². The molecule has 0 atom stereocenters. The van der Waals surface area contributed by atoms with Crippen molar-refractivity contribution in [1.82, 2.24) is 14.4 Å². The number of rotatable bonds is 3. The first kappa shape index (κ1) is 13.5. The van der Waals surface area contributed by atoms with Crippen LogP contribution in [0.3, 0.4) is 0 Å². The number of hydrogen-bond acceptors (Lipinski definition) is 4. The molecule has 0 saturated heterocycles. The van der Waals surface area contributed by atoms with E-state index in [4.69, 9.17) is 0 Å². The van der Waals surface area contributed by atoms with E-state index < -0.39 is 10.0 Å². The Balaban J connectivity index is 2.01. The molecule has 1 heterocycles. The molecule has 21 heavy (non-hydrogen) atoms. The fraction of sp³-hybridized carbons (Fsp3) is 0.0667. The number of benzene rings is 2. The summed E-state index contributed by atoms with van der Waals surface area (Å²) >= 11 is 0. The largest absolute Gasteiger partial charge is 0.284 e. The van der Waals surface area contributed by atoms with Gasteiger partial charge in [-0.25, -0.2) is 0 Å². The van der Waals surface area contributed by atoms with Gasteiger partial charge in [-0.1, -0.05) is 53.2 Å². The van der Waals surface area contributed by atoms with Crippen LogP contribution in [0.15, 0.2) is 65.7 Å². The van der Waals surface area contributed by atoms with Crippen LogP contribution in [-0.4, -0.2) is 22.8 Å². The highest BCUT2D eigenvalue weighted by Gasteiger charge is 2.19. The monoisotopic (exact) mass is 299 g/mol. The van der Waals surface area contributed by atoms with Gasteiger partial charge in [-0.2, -0.15) is 8.42 Å².